The van der Waals surface area contributed by atoms with Crippen molar-refractivity contribution in [1.82, 2.24) is 0 Å². The molecule has 0 amide bonds. The Labute approximate surface area is 194 Å². The number of Topliss-reactive ketones (excluding diaryl/α,β-unsaturated/α-hetero) is 1. The molecule has 0 bridgehead atoms. The lowest BCUT2D eigenvalue weighted by molar-refractivity contribution is -0.117. The maximum Gasteiger partial charge on any atom is 0.268 e. The van der Waals surface area contributed by atoms with Crippen LogP contribution in [0.5, 0.6) is 0 Å². The van der Waals surface area contributed by atoms with E-state index in [0.29, 0.717) is 23.1 Å². The van der Waals surface area contributed by atoms with Crippen molar-refractivity contribution in [2.75, 3.05) is 4.31 Å². The van der Waals surface area contributed by atoms with E-state index >= 15 is 0 Å². The van der Waals surface area contributed by atoms with Crippen LogP contribution in [-0.4, -0.2) is 20.5 Å². The van der Waals surface area contributed by atoms with Gasteiger partial charge in [0.25, 0.3) is 10.0 Å². The molecule has 0 unspecified atom stereocenters. The zero-order chi connectivity index (χ0) is 23.8. The van der Waals surface area contributed by atoms with Gasteiger partial charge in [0.1, 0.15) is 12.1 Å². The van der Waals surface area contributed by atoms with E-state index in [2.05, 4.69) is 0 Å². The number of benzene rings is 3. The molecule has 0 aromatic heterocycles. The minimum absolute atomic E-state index is 0.0749. The summed E-state index contributed by atoms with van der Waals surface area (Å²) >= 11 is 0. The SMILES string of the molecule is CC(=O)C[C@H]1C(C=O)=C(c2ccccc2)N(S(=O)(=O)c2ccc(C)cc2)c2ccc(C)cc21. The standard InChI is InChI=1S/C27H25NO4S/c1-18-9-12-22(13-10-18)33(31,32)28-26-14-11-19(2)15-24(26)23(16-20(3)30)25(17-29)27(28)21-7-5-4-6-8-21/h4-15,17,23H,16H2,1-3H3/t23-/m1/s1. The number of aldehydes is 1. The quantitative estimate of drug-likeness (QED) is 0.476. The number of fused-ring (bicyclic) bond motifs is 1. The van der Waals surface area contributed by atoms with Gasteiger partial charge < -0.3 is 0 Å². The molecule has 5 nitrogen and oxygen atoms in total. The molecule has 1 heterocycles. The summed E-state index contributed by atoms with van der Waals surface area (Å²) in [5, 5.41) is 0. The number of carbonyl (C=O) groups is 2. The maximum atomic E-state index is 14.0. The molecule has 0 N–H and O–H groups in total. The first-order valence-corrected chi connectivity index (χ1v) is 12.1. The normalized spacial score (nSPS) is 15.8. The fourth-order valence-electron chi connectivity index (χ4n) is 4.30. The number of ketones is 1. The Kier molecular flexibility index (Phi) is 6.04. The Bertz CT molecular complexity index is 1360. The van der Waals surface area contributed by atoms with Crippen LogP contribution in [0.25, 0.3) is 5.70 Å². The molecule has 3 aromatic rings. The fourth-order valence-corrected chi connectivity index (χ4v) is 5.87. The molecule has 1 aliphatic rings. The van der Waals surface area contributed by atoms with Gasteiger partial charge in [-0.15, -0.1) is 0 Å². The van der Waals surface area contributed by atoms with Crippen molar-refractivity contribution in [1.29, 1.82) is 0 Å². The van der Waals surface area contributed by atoms with Crippen molar-refractivity contribution in [3.05, 3.63) is 101 Å². The lowest BCUT2D eigenvalue weighted by atomic mass is 9.81. The minimum Gasteiger partial charge on any atom is -0.300 e. The van der Waals surface area contributed by atoms with Crippen molar-refractivity contribution in [3.63, 3.8) is 0 Å². The number of aryl methyl sites for hydroxylation is 2. The third-order valence-electron chi connectivity index (χ3n) is 5.85. The lowest BCUT2D eigenvalue weighted by Gasteiger charge is -2.37. The summed E-state index contributed by atoms with van der Waals surface area (Å²) in [6.45, 7) is 5.28. The zero-order valence-electron chi connectivity index (χ0n) is 18.8. The second-order valence-corrected chi connectivity index (χ2v) is 10.2. The predicted octanol–water partition coefficient (Wildman–Crippen LogP) is 5.19. The number of sulfonamides is 1. The van der Waals surface area contributed by atoms with Gasteiger partial charge in [0.2, 0.25) is 0 Å². The highest BCUT2D eigenvalue weighted by Gasteiger charge is 2.40. The minimum atomic E-state index is -4.07. The van der Waals surface area contributed by atoms with Crippen LogP contribution in [0.3, 0.4) is 0 Å². The molecule has 0 saturated heterocycles. The van der Waals surface area contributed by atoms with Gasteiger partial charge in [0.05, 0.1) is 16.3 Å². The summed E-state index contributed by atoms with van der Waals surface area (Å²) < 4.78 is 29.3. The molecule has 1 atom stereocenters. The average Bonchev–Trinajstić information content (AvgIpc) is 2.79. The third-order valence-corrected chi connectivity index (χ3v) is 7.58. The largest absolute Gasteiger partial charge is 0.300 e. The van der Waals surface area contributed by atoms with Crippen molar-refractivity contribution >= 4 is 33.5 Å². The molecule has 0 aliphatic carbocycles. The Morgan fingerprint density at radius 3 is 2.18 bits per heavy atom. The van der Waals surface area contributed by atoms with Gasteiger partial charge in [-0.3, -0.25) is 9.59 Å². The molecule has 3 aromatic carbocycles. The Morgan fingerprint density at radius 1 is 0.939 bits per heavy atom. The molecule has 0 fully saturated rings. The third kappa shape index (κ3) is 4.14. The van der Waals surface area contributed by atoms with Crippen molar-refractivity contribution in [2.45, 2.75) is 38.0 Å². The summed E-state index contributed by atoms with van der Waals surface area (Å²) in [4.78, 5) is 24.8. The fraction of sp³-hybridized carbons (Fsp3) is 0.185. The van der Waals surface area contributed by atoms with Crippen LogP contribution in [0, 0.1) is 13.8 Å². The van der Waals surface area contributed by atoms with E-state index in [0.717, 1.165) is 11.1 Å². The van der Waals surface area contributed by atoms with Gasteiger partial charge in [-0.1, -0.05) is 65.7 Å². The summed E-state index contributed by atoms with van der Waals surface area (Å²) in [6.07, 6.45) is 0.804. The molecule has 33 heavy (non-hydrogen) atoms. The van der Waals surface area contributed by atoms with Gasteiger partial charge in [0, 0.05) is 17.9 Å². The Hall–Kier alpha value is -3.51. The Balaban J connectivity index is 2.09. The number of anilines is 1. The highest BCUT2D eigenvalue weighted by Crippen LogP contribution is 2.48. The van der Waals surface area contributed by atoms with E-state index in [1.54, 1.807) is 54.6 Å². The van der Waals surface area contributed by atoms with Crippen molar-refractivity contribution < 1.29 is 18.0 Å². The molecular weight excluding hydrogens is 434 g/mol. The molecule has 4 rings (SSSR count). The summed E-state index contributed by atoms with van der Waals surface area (Å²) in [5.41, 5.74) is 4.13. The van der Waals surface area contributed by atoms with E-state index in [1.165, 1.54) is 11.2 Å². The lowest BCUT2D eigenvalue weighted by Crippen LogP contribution is -2.36. The summed E-state index contributed by atoms with van der Waals surface area (Å²) in [6, 6.07) is 21.1. The van der Waals surface area contributed by atoms with E-state index in [4.69, 9.17) is 0 Å². The van der Waals surface area contributed by atoms with Crippen LogP contribution >= 0.6 is 0 Å². The second kappa shape index (κ2) is 8.79. The van der Waals surface area contributed by atoms with Crippen LogP contribution in [0.2, 0.25) is 0 Å². The topological polar surface area (TPSA) is 71.5 Å². The van der Waals surface area contributed by atoms with Crippen molar-refractivity contribution in [3.8, 4) is 0 Å². The predicted molar refractivity (Wildman–Crippen MR) is 129 cm³/mol. The van der Waals surface area contributed by atoms with Gasteiger partial charge >= 0.3 is 0 Å². The number of allylic oxidation sites excluding steroid dienone is 1. The smallest absolute Gasteiger partial charge is 0.268 e. The molecule has 6 heteroatoms. The number of hydrogen-bond acceptors (Lipinski definition) is 4. The zero-order valence-corrected chi connectivity index (χ0v) is 19.6. The maximum absolute atomic E-state index is 14.0. The van der Waals surface area contributed by atoms with E-state index < -0.39 is 15.9 Å². The molecule has 0 spiro atoms. The van der Waals surface area contributed by atoms with Gasteiger partial charge in [-0.05, 0) is 50.1 Å². The van der Waals surface area contributed by atoms with E-state index in [9.17, 15) is 18.0 Å². The van der Waals surface area contributed by atoms with Gasteiger partial charge in [-0.2, -0.15) is 0 Å². The van der Waals surface area contributed by atoms with Crippen LogP contribution in [0.15, 0.2) is 83.3 Å². The van der Waals surface area contributed by atoms with E-state index in [1.807, 2.05) is 32.0 Å². The second-order valence-electron chi connectivity index (χ2n) is 8.39. The number of nitrogens with zero attached hydrogens (tertiary/aromatic N) is 1. The van der Waals surface area contributed by atoms with Gasteiger partial charge in [-0.25, -0.2) is 12.7 Å². The molecule has 0 saturated carbocycles. The van der Waals surface area contributed by atoms with Crippen molar-refractivity contribution in [2.24, 2.45) is 0 Å². The molecule has 1 aliphatic heterocycles. The Morgan fingerprint density at radius 2 is 1.58 bits per heavy atom. The number of rotatable bonds is 6. The molecular formula is C27H25NO4S. The first-order chi connectivity index (χ1) is 15.7. The summed E-state index contributed by atoms with van der Waals surface area (Å²) in [5.74, 6) is -0.608. The van der Waals surface area contributed by atoms with Crippen LogP contribution in [0.4, 0.5) is 5.69 Å². The number of carbonyl (C=O) groups excluding carboxylic acids is 2. The molecule has 0 radical (unpaired) electrons. The van der Waals surface area contributed by atoms with Gasteiger partial charge in [0.15, 0.2) is 0 Å². The number of hydrogen-bond donors (Lipinski definition) is 0. The van der Waals surface area contributed by atoms with Crippen LogP contribution in [-0.2, 0) is 19.6 Å². The molecule has 168 valence electrons. The van der Waals surface area contributed by atoms with E-state index in [-0.39, 0.29) is 28.4 Å². The summed E-state index contributed by atoms with van der Waals surface area (Å²) in [7, 11) is -4.07. The van der Waals surface area contributed by atoms with Crippen LogP contribution in [0.1, 0.15) is 41.5 Å². The average molecular weight is 460 g/mol. The van der Waals surface area contributed by atoms with Crippen LogP contribution < -0.4 is 4.31 Å². The highest BCUT2D eigenvalue weighted by atomic mass is 32.2. The monoisotopic (exact) mass is 459 g/mol. The first kappa shape index (κ1) is 22.7. The first-order valence-electron chi connectivity index (χ1n) is 10.7. The highest BCUT2D eigenvalue weighted by molar-refractivity contribution is 7.93.